The summed E-state index contributed by atoms with van der Waals surface area (Å²) in [6, 6.07) is 11.9. The second-order valence-corrected chi connectivity index (χ2v) is 15.2. The van der Waals surface area contributed by atoms with Crippen LogP contribution in [0.1, 0.15) is 86.6 Å². The monoisotopic (exact) mass is 862 g/mol. The minimum atomic E-state index is -1.94. The van der Waals surface area contributed by atoms with Gasteiger partial charge in [0.05, 0.1) is 46.6 Å². The molecule has 2 saturated heterocycles. The first kappa shape index (κ1) is 42.6. The Morgan fingerprint density at radius 1 is 0.516 bits per heavy atom. The fraction of sp³-hybridized carbons (Fsp3) is 0.333. The van der Waals surface area contributed by atoms with Gasteiger partial charge >= 0.3 is 11.9 Å². The van der Waals surface area contributed by atoms with Crippen molar-refractivity contribution in [3.05, 3.63) is 116 Å². The molecule has 0 saturated carbocycles. The predicted octanol–water partition coefficient (Wildman–Crippen LogP) is -1.10. The molecule has 0 radical (unpaired) electrons. The Kier molecular flexibility index (Phi) is 11.0. The summed E-state index contributed by atoms with van der Waals surface area (Å²) in [5.74, 6) is -10.1. The Bertz CT molecular complexity index is 2330. The van der Waals surface area contributed by atoms with E-state index in [1.807, 2.05) is 0 Å². The zero-order chi connectivity index (χ0) is 44.6. The number of aliphatic hydroxyl groups is 8. The Hall–Kier alpha value is -6.04. The van der Waals surface area contributed by atoms with E-state index in [4.69, 9.17) is 18.9 Å². The molecule has 4 aromatic rings. The van der Waals surface area contributed by atoms with E-state index < -0.39 is 144 Å². The highest BCUT2D eigenvalue weighted by Crippen LogP contribution is 2.56. The van der Waals surface area contributed by atoms with Crippen LogP contribution < -0.4 is 9.47 Å². The highest BCUT2D eigenvalue weighted by Gasteiger charge is 2.50. The normalized spacial score (nSPS) is 30.1. The van der Waals surface area contributed by atoms with Gasteiger partial charge in [-0.1, -0.05) is 24.3 Å². The first-order valence-electron chi connectivity index (χ1n) is 19.0. The summed E-state index contributed by atoms with van der Waals surface area (Å²) in [6.45, 7) is -1.64. The third-order valence-electron chi connectivity index (χ3n) is 11.7. The quantitative estimate of drug-likeness (QED) is 0.0950. The summed E-state index contributed by atoms with van der Waals surface area (Å²) in [5.41, 5.74) is -2.87. The van der Waals surface area contributed by atoms with Gasteiger partial charge in [-0.3, -0.25) is 9.59 Å². The van der Waals surface area contributed by atoms with Gasteiger partial charge in [-0.15, -0.1) is 0 Å². The minimum absolute atomic E-state index is 0.00301. The van der Waals surface area contributed by atoms with Crippen LogP contribution in [0.3, 0.4) is 0 Å². The first-order chi connectivity index (χ1) is 29.5. The molecule has 326 valence electrons. The Balaban J connectivity index is 1.38. The van der Waals surface area contributed by atoms with E-state index in [1.165, 1.54) is 36.4 Å². The zero-order valence-corrected chi connectivity index (χ0v) is 31.7. The highest BCUT2D eigenvalue weighted by molar-refractivity contribution is 6.18. The van der Waals surface area contributed by atoms with E-state index in [0.29, 0.717) is 0 Å². The van der Waals surface area contributed by atoms with Crippen molar-refractivity contribution in [3.8, 4) is 23.0 Å². The molecule has 2 heterocycles. The van der Waals surface area contributed by atoms with Gasteiger partial charge in [-0.2, -0.15) is 0 Å². The molecule has 2 aliphatic heterocycles. The number of carboxylic acids is 2. The molecule has 4 aliphatic rings. The number of aliphatic hydroxyl groups excluding tert-OH is 8. The van der Waals surface area contributed by atoms with Gasteiger partial charge in [-0.25, -0.2) is 9.59 Å². The second kappa shape index (κ2) is 16.0. The summed E-state index contributed by atoms with van der Waals surface area (Å²) < 4.78 is 23.0. The van der Waals surface area contributed by atoms with E-state index in [0.717, 1.165) is 24.3 Å². The van der Waals surface area contributed by atoms with Crippen LogP contribution in [-0.4, -0.2) is 159 Å². The lowest BCUT2D eigenvalue weighted by Gasteiger charge is -2.41. The molecule has 2 aliphatic carbocycles. The van der Waals surface area contributed by atoms with Gasteiger partial charge in [0, 0.05) is 11.8 Å². The molecule has 6 unspecified atom stereocenters. The lowest BCUT2D eigenvalue weighted by atomic mass is 9.63. The Labute approximate surface area is 348 Å². The molecule has 0 bridgehead atoms. The molecule has 12 atom stereocenters. The molecule has 0 amide bonds. The molecule has 8 rings (SSSR count). The van der Waals surface area contributed by atoms with Crippen LogP contribution >= 0.6 is 0 Å². The average molecular weight is 863 g/mol. The van der Waals surface area contributed by atoms with Crippen LogP contribution in [0.2, 0.25) is 0 Å². The van der Waals surface area contributed by atoms with Crippen molar-refractivity contribution in [3.63, 3.8) is 0 Å². The molecule has 62 heavy (non-hydrogen) atoms. The van der Waals surface area contributed by atoms with E-state index in [9.17, 15) is 80.5 Å². The summed E-state index contributed by atoms with van der Waals surface area (Å²) >= 11 is 0. The van der Waals surface area contributed by atoms with Crippen LogP contribution in [0, 0.1) is 0 Å². The maximum Gasteiger partial charge on any atom is 0.335 e. The number of benzene rings is 4. The summed E-state index contributed by atoms with van der Waals surface area (Å²) in [7, 11) is 0. The highest BCUT2D eigenvalue weighted by atomic mass is 16.7. The van der Waals surface area contributed by atoms with Crippen molar-refractivity contribution in [1.29, 1.82) is 0 Å². The van der Waals surface area contributed by atoms with Gasteiger partial charge < -0.3 is 80.2 Å². The van der Waals surface area contributed by atoms with Crippen molar-refractivity contribution >= 4 is 23.5 Å². The number of carbonyl (C=O) groups is 4. The largest absolute Gasteiger partial charge is 0.507 e. The first-order valence-corrected chi connectivity index (χ1v) is 19.0. The molecular formula is C42H38O20. The SMILES string of the molecule is O=C(O)c1cc(O)c2c(c1)C(C1c3cc(C(=O)O)cc(O)c3C(=O)c3c(O[C@@H]4OC(CO)[C@@H](O)[C@H](O)C4O)cccc31)c1cccc(O[C@@H]3OC(CO)[C@@H](O)[C@H](O)C3O)c1C2=O. The molecule has 20 nitrogen and oxygen atoms in total. The van der Waals surface area contributed by atoms with Gasteiger partial charge in [0.25, 0.3) is 0 Å². The number of rotatable bonds is 9. The van der Waals surface area contributed by atoms with E-state index >= 15 is 0 Å². The number of phenols is 2. The van der Waals surface area contributed by atoms with Crippen LogP contribution in [0.5, 0.6) is 23.0 Å². The molecular weight excluding hydrogens is 824 g/mol. The number of phenolic OH excluding ortho intramolecular Hbond substituents is 2. The van der Waals surface area contributed by atoms with Gasteiger partial charge in [-0.05, 0) is 58.7 Å². The number of aromatic hydroxyl groups is 2. The Morgan fingerprint density at radius 2 is 0.887 bits per heavy atom. The number of hydrogen-bond donors (Lipinski definition) is 12. The summed E-state index contributed by atoms with van der Waals surface area (Å²) in [5, 5.41) is 126. The third kappa shape index (κ3) is 6.73. The molecule has 12 N–H and O–H groups in total. The number of carbonyl (C=O) groups excluding carboxylic acids is 2. The zero-order valence-electron chi connectivity index (χ0n) is 31.7. The topological polar surface area (TPSA) is 348 Å². The molecule has 0 aromatic heterocycles. The molecule has 4 aromatic carbocycles. The smallest absolute Gasteiger partial charge is 0.335 e. The van der Waals surface area contributed by atoms with E-state index in [1.54, 1.807) is 0 Å². The lowest BCUT2D eigenvalue weighted by Crippen LogP contribution is -2.60. The van der Waals surface area contributed by atoms with Crippen LogP contribution in [0.4, 0.5) is 0 Å². The molecule has 20 heteroatoms. The van der Waals surface area contributed by atoms with E-state index in [2.05, 4.69) is 0 Å². The number of ether oxygens (including phenoxy) is 4. The second-order valence-electron chi connectivity index (χ2n) is 15.2. The average Bonchev–Trinajstić information content (AvgIpc) is 3.24. The van der Waals surface area contributed by atoms with Crippen LogP contribution in [0.25, 0.3) is 0 Å². The molecule has 2 fully saturated rings. The molecule has 0 spiro atoms. The maximum atomic E-state index is 14.7. The minimum Gasteiger partial charge on any atom is -0.507 e. The fourth-order valence-corrected chi connectivity index (χ4v) is 8.71. The van der Waals surface area contributed by atoms with Crippen molar-refractivity contribution in [2.45, 2.75) is 73.2 Å². The van der Waals surface area contributed by atoms with Gasteiger partial charge in [0.15, 0.2) is 0 Å². The lowest BCUT2D eigenvalue weighted by molar-refractivity contribution is -0.277. The summed E-state index contributed by atoms with van der Waals surface area (Å²) in [6.07, 6.45) is -17.7. The number of ketones is 2. The number of fused-ring (bicyclic) bond motifs is 4. The van der Waals surface area contributed by atoms with Gasteiger partial charge in [0.2, 0.25) is 24.1 Å². The number of carboxylic acid groups (broad SMARTS) is 2. The maximum absolute atomic E-state index is 14.7. The fourth-order valence-electron chi connectivity index (χ4n) is 8.71. The van der Waals surface area contributed by atoms with Crippen LogP contribution in [-0.2, 0) is 9.47 Å². The predicted molar refractivity (Wildman–Crippen MR) is 202 cm³/mol. The van der Waals surface area contributed by atoms with Crippen LogP contribution in [0.15, 0.2) is 60.7 Å². The third-order valence-corrected chi connectivity index (χ3v) is 11.7. The summed E-state index contributed by atoms with van der Waals surface area (Å²) in [4.78, 5) is 54.2. The number of hydrogen-bond acceptors (Lipinski definition) is 18. The van der Waals surface area contributed by atoms with Crippen molar-refractivity contribution in [1.82, 2.24) is 0 Å². The van der Waals surface area contributed by atoms with Crippen molar-refractivity contribution in [2.75, 3.05) is 13.2 Å². The standard InChI is InChI=1S/C42H38O20/c43-11-23-31(47)35(51)37(53)41(61-23)59-21-5-1-3-15-25(17-7-13(39(55)56)9-19(45)27(17)33(49)29(15)21)26-16-4-2-6-22(60-42-38(54)36(52)32(48)24(12-44)62-42)30(16)34(50)28-18(26)8-14(40(57)58)10-20(28)46/h1-10,23-26,31-32,35-38,41-48,51-54H,11-12H2,(H,55,56)(H,57,58)/t23?,24?,25?,26?,31-,32-,35+,36+,37?,38?,41-,42-/m1/s1. The van der Waals surface area contributed by atoms with Crippen molar-refractivity contribution < 1.29 is 99.4 Å². The van der Waals surface area contributed by atoms with Gasteiger partial charge in [0.1, 0.15) is 71.8 Å². The van der Waals surface area contributed by atoms with E-state index in [-0.39, 0.29) is 44.9 Å². The number of aromatic carboxylic acids is 2. The Morgan fingerprint density at radius 3 is 1.23 bits per heavy atom. The van der Waals surface area contributed by atoms with Crippen molar-refractivity contribution in [2.24, 2.45) is 0 Å².